The molecule has 1 N–H and O–H groups in total. The van der Waals surface area contributed by atoms with E-state index >= 15 is 0 Å². The Morgan fingerprint density at radius 1 is 1.53 bits per heavy atom. The van der Waals surface area contributed by atoms with Crippen LogP contribution in [0.4, 0.5) is 17.6 Å². The number of aromatic nitrogens is 3. The van der Waals surface area contributed by atoms with Crippen molar-refractivity contribution in [3.05, 3.63) is 11.9 Å². The molecule has 0 aliphatic heterocycles. The third kappa shape index (κ3) is 1.49. The molecule has 1 saturated carbocycles. The Kier molecular flexibility index (Phi) is 2.03. The number of hydrogen-bond acceptors (Lipinski definition) is 1. The van der Waals surface area contributed by atoms with E-state index in [2.05, 4.69) is 10.2 Å². The van der Waals surface area contributed by atoms with Gasteiger partial charge in [-0.15, -0.1) is 0 Å². The van der Waals surface area contributed by atoms with Gasteiger partial charge in [-0.3, -0.25) is 0 Å². The number of nitrogens with zero attached hydrogens (tertiary/aromatic N) is 2. The van der Waals surface area contributed by atoms with Crippen LogP contribution in [0.3, 0.4) is 0 Å². The maximum absolute atomic E-state index is 12.9. The Morgan fingerprint density at radius 2 is 2.20 bits per heavy atom. The molecule has 1 heterocycles. The lowest BCUT2D eigenvalue weighted by Crippen LogP contribution is -2.60. The van der Waals surface area contributed by atoms with E-state index in [0.717, 1.165) is 4.80 Å². The Balaban J connectivity index is 2.04. The van der Waals surface area contributed by atoms with Crippen molar-refractivity contribution in [2.75, 3.05) is 0 Å². The molecule has 0 amide bonds. The average molecular weight is 224 g/mol. The van der Waals surface area contributed by atoms with Crippen molar-refractivity contribution >= 4 is 0 Å². The zero-order valence-corrected chi connectivity index (χ0v) is 7.98. The van der Waals surface area contributed by atoms with E-state index in [0.29, 0.717) is 5.69 Å². The largest absolute Gasteiger partial charge is 0.315 e. The Labute approximate surface area is 83.1 Å². The van der Waals surface area contributed by atoms with Crippen LogP contribution in [0.2, 0.25) is 0 Å². The molecule has 1 aromatic rings. The summed E-state index contributed by atoms with van der Waals surface area (Å²) in [5, 5.41) is 6.43. The second kappa shape index (κ2) is 2.93. The SMILES string of the molecule is Cc1c[nH+]n(CC2CC(F)(F)C2(F)F)n1. The van der Waals surface area contributed by atoms with Gasteiger partial charge in [-0.05, 0) is 4.80 Å². The van der Waals surface area contributed by atoms with Crippen LogP contribution in [-0.4, -0.2) is 21.7 Å². The van der Waals surface area contributed by atoms with Crippen LogP contribution in [0, 0.1) is 12.8 Å². The molecule has 0 radical (unpaired) electrons. The van der Waals surface area contributed by atoms with Crippen molar-refractivity contribution in [3.8, 4) is 0 Å². The van der Waals surface area contributed by atoms with Gasteiger partial charge < -0.3 is 0 Å². The number of halogens is 4. The molecule has 1 aliphatic carbocycles. The van der Waals surface area contributed by atoms with E-state index in [1.807, 2.05) is 0 Å². The average Bonchev–Trinajstić information content (AvgIpc) is 2.50. The predicted octanol–water partition coefficient (Wildman–Crippen LogP) is 1.30. The summed E-state index contributed by atoms with van der Waals surface area (Å²) in [6.07, 6.45) is 0.738. The molecule has 1 atom stereocenters. The third-order valence-electron chi connectivity index (χ3n) is 2.60. The highest BCUT2D eigenvalue weighted by atomic mass is 19.3. The van der Waals surface area contributed by atoms with Gasteiger partial charge in [0, 0.05) is 18.4 Å². The van der Waals surface area contributed by atoms with Crippen LogP contribution < -0.4 is 5.10 Å². The lowest BCUT2D eigenvalue weighted by molar-refractivity contribution is -0.503. The first-order valence-corrected chi connectivity index (χ1v) is 4.51. The van der Waals surface area contributed by atoms with Crippen molar-refractivity contribution in [1.82, 2.24) is 9.90 Å². The van der Waals surface area contributed by atoms with Gasteiger partial charge in [-0.1, -0.05) is 0 Å². The van der Waals surface area contributed by atoms with Crippen LogP contribution in [0.15, 0.2) is 6.20 Å². The molecule has 1 fully saturated rings. The molecule has 1 aromatic heterocycles. The lowest BCUT2D eigenvalue weighted by Gasteiger charge is -2.42. The van der Waals surface area contributed by atoms with Crippen LogP contribution in [-0.2, 0) is 6.54 Å². The quantitative estimate of drug-likeness (QED) is 0.697. The topological polar surface area (TPSA) is 32.0 Å². The molecule has 0 spiro atoms. The normalized spacial score (nSPS) is 27.4. The van der Waals surface area contributed by atoms with Gasteiger partial charge in [-0.2, -0.15) is 22.7 Å². The molecule has 3 nitrogen and oxygen atoms in total. The molecule has 0 saturated heterocycles. The van der Waals surface area contributed by atoms with Crippen LogP contribution >= 0.6 is 0 Å². The van der Waals surface area contributed by atoms with Crippen LogP contribution in [0.5, 0.6) is 0 Å². The molecule has 1 unspecified atom stereocenters. The highest BCUT2D eigenvalue weighted by Crippen LogP contribution is 2.55. The van der Waals surface area contributed by atoms with Gasteiger partial charge in [0.2, 0.25) is 5.69 Å². The number of nitrogens with one attached hydrogen (secondary N) is 1. The van der Waals surface area contributed by atoms with E-state index in [1.54, 1.807) is 6.92 Å². The molecular formula is C8H10F4N3+. The van der Waals surface area contributed by atoms with E-state index in [-0.39, 0.29) is 6.54 Å². The third-order valence-corrected chi connectivity index (χ3v) is 2.60. The minimum absolute atomic E-state index is 0.212. The van der Waals surface area contributed by atoms with E-state index in [1.165, 1.54) is 6.20 Å². The molecule has 2 rings (SSSR count). The zero-order chi connectivity index (χ0) is 11.3. The summed E-state index contributed by atoms with van der Waals surface area (Å²) < 4.78 is 50.7. The fourth-order valence-corrected chi connectivity index (χ4v) is 1.64. The minimum atomic E-state index is -3.92. The van der Waals surface area contributed by atoms with Gasteiger partial charge in [0.1, 0.15) is 6.54 Å². The van der Waals surface area contributed by atoms with Crippen LogP contribution in [0.1, 0.15) is 12.1 Å². The summed E-state index contributed by atoms with van der Waals surface area (Å²) in [4.78, 5) is 1.16. The fourth-order valence-electron chi connectivity index (χ4n) is 1.64. The summed E-state index contributed by atoms with van der Waals surface area (Å²) in [7, 11) is 0. The molecule has 84 valence electrons. The van der Waals surface area contributed by atoms with Gasteiger partial charge in [0.05, 0.1) is 5.92 Å². The van der Waals surface area contributed by atoms with Crippen molar-refractivity contribution < 1.29 is 22.7 Å². The first kappa shape index (κ1) is 10.4. The number of alkyl halides is 4. The Hall–Kier alpha value is -1.14. The smallest absolute Gasteiger partial charge is 0.200 e. The van der Waals surface area contributed by atoms with E-state index in [9.17, 15) is 17.6 Å². The molecule has 7 heteroatoms. The number of aryl methyl sites for hydroxylation is 1. The number of H-pyrrole nitrogens is 1. The maximum Gasteiger partial charge on any atom is 0.315 e. The molecule has 0 aromatic carbocycles. The van der Waals surface area contributed by atoms with Crippen LogP contribution in [0.25, 0.3) is 0 Å². The van der Waals surface area contributed by atoms with Crippen molar-refractivity contribution in [3.63, 3.8) is 0 Å². The van der Waals surface area contributed by atoms with Gasteiger partial charge in [-0.25, -0.2) is 0 Å². The van der Waals surface area contributed by atoms with E-state index in [4.69, 9.17) is 0 Å². The molecular weight excluding hydrogens is 214 g/mol. The second-order valence-corrected chi connectivity index (χ2v) is 3.83. The van der Waals surface area contributed by atoms with E-state index < -0.39 is 24.2 Å². The number of aromatic amines is 1. The summed E-state index contributed by atoms with van der Waals surface area (Å²) in [6.45, 7) is 1.47. The number of rotatable bonds is 2. The standard InChI is InChI=1S/C8H9F4N3/c1-5-3-13-15(14-5)4-6-2-7(9,10)8(6,11)12/h3,6H,2,4H2,1H3/p+1. The zero-order valence-electron chi connectivity index (χ0n) is 7.98. The summed E-state index contributed by atoms with van der Waals surface area (Å²) in [5.74, 6) is -9.12. The summed E-state index contributed by atoms with van der Waals surface area (Å²) in [5.41, 5.74) is 0.629. The first-order valence-electron chi connectivity index (χ1n) is 4.51. The minimum Gasteiger partial charge on any atom is -0.200 e. The van der Waals surface area contributed by atoms with Gasteiger partial charge in [0.15, 0.2) is 6.20 Å². The predicted molar refractivity (Wildman–Crippen MR) is 41.5 cm³/mol. The molecule has 0 bridgehead atoms. The van der Waals surface area contributed by atoms with Crippen molar-refractivity contribution in [1.29, 1.82) is 0 Å². The Morgan fingerprint density at radius 3 is 2.60 bits per heavy atom. The fraction of sp³-hybridized carbons (Fsp3) is 0.750. The van der Waals surface area contributed by atoms with Gasteiger partial charge in [0.25, 0.3) is 0 Å². The second-order valence-electron chi connectivity index (χ2n) is 3.83. The summed E-state index contributed by atoms with van der Waals surface area (Å²) in [6, 6.07) is 0. The highest BCUT2D eigenvalue weighted by Gasteiger charge is 2.71. The van der Waals surface area contributed by atoms with Crippen molar-refractivity contribution in [2.24, 2.45) is 5.92 Å². The highest BCUT2D eigenvalue weighted by molar-refractivity contribution is 5.02. The maximum atomic E-state index is 12.9. The van der Waals surface area contributed by atoms with Crippen molar-refractivity contribution in [2.45, 2.75) is 31.7 Å². The summed E-state index contributed by atoms with van der Waals surface area (Å²) >= 11 is 0. The molecule has 15 heavy (non-hydrogen) atoms. The molecule has 1 aliphatic rings. The first-order chi connectivity index (χ1) is 6.83. The number of hydrogen-bond donors (Lipinski definition) is 0. The van der Waals surface area contributed by atoms with Gasteiger partial charge >= 0.3 is 11.8 Å². The lowest BCUT2D eigenvalue weighted by atomic mass is 9.77. The Bertz CT molecular complexity index is 374. The monoisotopic (exact) mass is 224 g/mol.